The summed E-state index contributed by atoms with van der Waals surface area (Å²) >= 11 is 6.11. The molecular weight excluding hydrogens is 252 g/mol. The van der Waals surface area contributed by atoms with Crippen molar-refractivity contribution in [3.05, 3.63) is 28.5 Å². The number of rotatable bonds is 4. The van der Waals surface area contributed by atoms with Crippen molar-refractivity contribution in [1.82, 2.24) is 9.55 Å². The number of fused-ring (bicyclic) bond motifs is 1. The molecule has 2 aromatic rings. The van der Waals surface area contributed by atoms with E-state index in [1.165, 1.54) is 0 Å². The maximum absolute atomic E-state index is 11.9. The highest BCUT2D eigenvalue weighted by molar-refractivity contribution is 6.34. The van der Waals surface area contributed by atoms with E-state index >= 15 is 0 Å². The number of aldehydes is 1. The largest absolute Gasteiger partial charge is 0.325 e. The summed E-state index contributed by atoms with van der Waals surface area (Å²) in [5, 5.41) is 0.404. The van der Waals surface area contributed by atoms with E-state index in [9.17, 15) is 9.59 Å². The van der Waals surface area contributed by atoms with Gasteiger partial charge >= 0.3 is 0 Å². The number of carbonyl (C=O) groups excluding carboxylic acids is 2. The highest BCUT2D eigenvalue weighted by Gasteiger charge is 2.14. The van der Waals surface area contributed by atoms with Gasteiger partial charge in [0, 0.05) is 19.0 Å². The Bertz CT molecular complexity index is 631. The molecule has 0 saturated heterocycles. The Morgan fingerprint density at radius 3 is 2.83 bits per heavy atom. The van der Waals surface area contributed by atoms with E-state index < -0.39 is 0 Å². The third kappa shape index (κ3) is 2.04. The Balaban J connectivity index is 2.62. The zero-order valence-electron chi connectivity index (χ0n) is 10.2. The van der Waals surface area contributed by atoms with E-state index in [1.54, 1.807) is 23.7 Å². The monoisotopic (exact) mass is 264 g/mol. The van der Waals surface area contributed by atoms with Gasteiger partial charge in [0.25, 0.3) is 0 Å². The average Bonchev–Trinajstić information content (AvgIpc) is 2.65. The van der Waals surface area contributed by atoms with Crippen molar-refractivity contribution in [2.75, 3.05) is 0 Å². The molecule has 0 fully saturated rings. The Kier molecular flexibility index (Phi) is 3.48. The maximum atomic E-state index is 11.9. The lowest BCUT2D eigenvalue weighted by molar-refractivity contribution is 0.0981. The van der Waals surface area contributed by atoms with E-state index in [0.29, 0.717) is 34.6 Å². The molecule has 1 aromatic heterocycles. The second-order valence-corrected chi connectivity index (χ2v) is 4.55. The van der Waals surface area contributed by atoms with Gasteiger partial charge in [-0.25, -0.2) is 4.98 Å². The molecule has 1 heterocycles. The van der Waals surface area contributed by atoms with Crippen LogP contribution in [0.2, 0.25) is 5.02 Å². The molecule has 0 N–H and O–H groups in total. The zero-order chi connectivity index (χ0) is 13.3. The Hall–Kier alpha value is -1.68. The third-order valence-electron chi connectivity index (χ3n) is 2.89. The minimum absolute atomic E-state index is 0.00251. The van der Waals surface area contributed by atoms with Crippen molar-refractivity contribution in [2.45, 2.75) is 19.8 Å². The van der Waals surface area contributed by atoms with Crippen LogP contribution in [0.3, 0.4) is 0 Å². The molecule has 0 atom stereocenters. The number of Topliss-reactive ketones (excluding diaryl/α,β-unsaturated/α-hetero) is 1. The molecule has 18 heavy (non-hydrogen) atoms. The number of hydrogen-bond donors (Lipinski definition) is 0. The summed E-state index contributed by atoms with van der Waals surface area (Å²) in [6, 6.07) is 3.34. The fourth-order valence-electron chi connectivity index (χ4n) is 1.91. The molecule has 0 amide bonds. The van der Waals surface area contributed by atoms with Crippen LogP contribution < -0.4 is 0 Å². The van der Waals surface area contributed by atoms with E-state index in [1.807, 2.05) is 6.92 Å². The number of carbonyl (C=O) groups is 2. The molecule has 0 radical (unpaired) electrons. The van der Waals surface area contributed by atoms with E-state index in [2.05, 4.69) is 4.98 Å². The van der Waals surface area contributed by atoms with Crippen molar-refractivity contribution < 1.29 is 9.59 Å². The highest BCUT2D eigenvalue weighted by atomic mass is 35.5. The first kappa shape index (κ1) is 12.8. The van der Waals surface area contributed by atoms with Crippen LogP contribution in [0.5, 0.6) is 0 Å². The van der Waals surface area contributed by atoms with Crippen molar-refractivity contribution in [3.63, 3.8) is 0 Å². The molecule has 5 heteroatoms. The van der Waals surface area contributed by atoms with Crippen molar-refractivity contribution in [2.24, 2.45) is 7.05 Å². The normalized spacial score (nSPS) is 10.8. The number of nitrogens with zero attached hydrogens (tertiary/aromatic N) is 2. The quantitative estimate of drug-likeness (QED) is 0.630. The molecule has 0 aliphatic carbocycles. The second kappa shape index (κ2) is 4.90. The molecule has 4 nitrogen and oxygen atoms in total. The number of imidazole rings is 1. The van der Waals surface area contributed by atoms with Gasteiger partial charge in [-0.05, 0) is 18.6 Å². The summed E-state index contributed by atoms with van der Waals surface area (Å²) in [6.45, 7) is 1.94. The van der Waals surface area contributed by atoms with Crippen LogP contribution in [0, 0.1) is 0 Å². The Morgan fingerprint density at radius 1 is 1.50 bits per heavy atom. The minimum atomic E-state index is 0.00251. The van der Waals surface area contributed by atoms with Gasteiger partial charge in [0.2, 0.25) is 0 Å². The van der Waals surface area contributed by atoms with Crippen LogP contribution in [0.4, 0.5) is 0 Å². The lowest BCUT2D eigenvalue weighted by atomic mass is 10.1. The van der Waals surface area contributed by atoms with Crippen LogP contribution in [0.1, 0.15) is 40.7 Å². The zero-order valence-corrected chi connectivity index (χ0v) is 11.0. The molecular formula is C13H13ClN2O2. The second-order valence-electron chi connectivity index (χ2n) is 4.14. The standard InChI is InChI=1S/C13H13ClN2O2/c1-3-4-12(18)8-5-10-11(6-9(8)14)16(2)13(7-17)15-10/h5-7H,3-4H2,1-2H3. The molecule has 0 saturated carbocycles. The third-order valence-corrected chi connectivity index (χ3v) is 3.20. The molecule has 0 unspecified atom stereocenters. The first-order chi connectivity index (χ1) is 8.58. The number of halogens is 1. The van der Waals surface area contributed by atoms with Crippen LogP contribution in [0.25, 0.3) is 11.0 Å². The van der Waals surface area contributed by atoms with E-state index in [0.717, 1.165) is 11.9 Å². The van der Waals surface area contributed by atoms with E-state index in [4.69, 9.17) is 11.6 Å². The Morgan fingerprint density at radius 2 is 2.22 bits per heavy atom. The predicted octanol–water partition coefficient (Wildman–Crippen LogP) is 3.02. The first-order valence-electron chi connectivity index (χ1n) is 5.72. The summed E-state index contributed by atoms with van der Waals surface area (Å²) in [4.78, 5) is 26.9. The molecule has 0 aliphatic heterocycles. The summed E-state index contributed by atoms with van der Waals surface area (Å²) < 4.78 is 1.66. The summed E-state index contributed by atoms with van der Waals surface area (Å²) in [5.74, 6) is 0.323. The van der Waals surface area contributed by atoms with Crippen LogP contribution >= 0.6 is 11.6 Å². The van der Waals surface area contributed by atoms with E-state index in [-0.39, 0.29) is 5.78 Å². The molecule has 0 spiro atoms. The van der Waals surface area contributed by atoms with Crippen LogP contribution in [-0.4, -0.2) is 21.6 Å². The molecule has 2 rings (SSSR count). The predicted molar refractivity (Wildman–Crippen MR) is 70.4 cm³/mol. The minimum Gasteiger partial charge on any atom is -0.325 e. The number of hydrogen-bond acceptors (Lipinski definition) is 3. The van der Waals surface area contributed by atoms with Crippen molar-refractivity contribution in [1.29, 1.82) is 0 Å². The fourth-order valence-corrected chi connectivity index (χ4v) is 2.18. The van der Waals surface area contributed by atoms with Crippen LogP contribution in [0.15, 0.2) is 12.1 Å². The van der Waals surface area contributed by atoms with Gasteiger partial charge < -0.3 is 4.57 Å². The van der Waals surface area contributed by atoms with Gasteiger partial charge in [-0.15, -0.1) is 0 Å². The van der Waals surface area contributed by atoms with Gasteiger partial charge in [0.1, 0.15) is 0 Å². The SMILES string of the molecule is CCCC(=O)c1cc2nc(C=O)n(C)c2cc1Cl. The molecule has 0 bridgehead atoms. The van der Waals surface area contributed by atoms with Gasteiger partial charge in [-0.1, -0.05) is 18.5 Å². The maximum Gasteiger partial charge on any atom is 0.185 e. The van der Waals surface area contributed by atoms with Gasteiger partial charge in [0.15, 0.2) is 17.9 Å². The summed E-state index contributed by atoms with van der Waals surface area (Å²) in [5.41, 5.74) is 1.83. The number of benzene rings is 1. The molecule has 94 valence electrons. The summed E-state index contributed by atoms with van der Waals surface area (Å²) in [6.07, 6.45) is 1.91. The first-order valence-corrected chi connectivity index (χ1v) is 6.10. The Labute approximate surface area is 110 Å². The number of aromatic nitrogens is 2. The van der Waals surface area contributed by atoms with Gasteiger partial charge in [-0.2, -0.15) is 0 Å². The van der Waals surface area contributed by atoms with Gasteiger partial charge in [0.05, 0.1) is 16.1 Å². The van der Waals surface area contributed by atoms with Crippen molar-refractivity contribution >= 4 is 34.7 Å². The summed E-state index contributed by atoms with van der Waals surface area (Å²) in [7, 11) is 1.74. The smallest absolute Gasteiger partial charge is 0.185 e. The topological polar surface area (TPSA) is 52.0 Å². The van der Waals surface area contributed by atoms with Crippen molar-refractivity contribution in [3.8, 4) is 0 Å². The fraction of sp³-hybridized carbons (Fsp3) is 0.308. The lowest BCUT2D eigenvalue weighted by Gasteiger charge is -2.03. The van der Waals surface area contributed by atoms with Crippen LogP contribution in [-0.2, 0) is 7.05 Å². The molecule has 0 aliphatic rings. The number of aryl methyl sites for hydroxylation is 1. The highest BCUT2D eigenvalue weighted by Crippen LogP contribution is 2.25. The number of ketones is 1. The molecule has 1 aromatic carbocycles. The lowest BCUT2D eigenvalue weighted by Crippen LogP contribution is -1.99. The van der Waals surface area contributed by atoms with Gasteiger partial charge in [-0.3, -0.25) is 9.59 Å². The average molecular weight is 265 g/mol.